The van der Waals surface area contributed by atoms with Crippen LogP contribution in [-0.2, 0) is 6.54 Å². The maximum Gasteiger partial charge on any atom is 0.293 e. The summed E-state index contributed by atoms with van der Waals surface area (Å²) in [5.74, 6) is 0.966. The van der Waals surface area contributed by atoms with Gasteiger partial charge in [0.25, 0.3) is 5.56 Å². The van der Waals surface area contributed by atoms with Crippen molar-refractivity contribution in [1.82, 2.24) is 9.55 Å². The standard InChI is InChI=1S/C14H26N4O/c1-4-5-8-17(9-6-15)13-14(19)18(10-7-16-13)11-12(2)3/h7,10,12H,4-6,8-9,11,15H2,1-3H3. The molecule has 0 aliphatic rings. The second kappa shape index (κ2) is 7.94. The maximum atomic E-state index is 12.4. The minimum atomic E-state index is -0.0132. The molecule has 0 atom stereocenters. The van der Waals surface area contributed by atoms with Gasteiger partial charge in [-0.1, -0.05) is 27.2 Å². The summed E-state index contributed by atoms with van der Waals surface area (Å²) in [6.45, 7) is 9.09. The first kappa shape index (κ1) is 15.7. The van der Waals surface area contributed by atoms with E-state index in [-0.39, 0.29) is 5.56 Å². The minimum absolute atomic E-state index is 0.0132. The summed E-state index contributed by atoms with van der Waals surface area (Å²) >= 11 is 0. The third-order valence-corrected chi connectivity index (χ3v) is 2.94. The number of hydrogen-bond acceptors (Lipinski definition) is 4. The fourth-order valence-corrected chi connectivity index (χ4v) is 2.02. The fourth-order valence-electron chi connectivity index (χ4n) is 2.02. The van der Waals surface area contributed by atoms with E-state index in [9.17, 15) is 4.79 Å². The topological polar surface area (TPSA) is 64.2 Å². The van der Waals surface area contributed by atoms with E-state index in [1.165, 1.54) is 0 Å². The molecule has 1 heterocycles. The van der Waals surface area contributed by atoms with Gasteiger partial charge in [0.2, 0.25) is 0 Å². The molecule has 0 radical (unpaired) electrons. The summed E-state index contributed by atoms with van der Waals surface area (Å²) in [5, 5.41) is 0. The first-order valence-corrected chi connectivity index (χ1v) is 7.10. The molecule has 0 spiro atoms. The molecule has 0 saturated heterocycles. The molecule has 0 saturated carbocycles. The Hall–Kier alpha value is -1.36. The molecule has 5 heteroatoms. The zero-order valence-corrected chi connectivity index (χ0v) is 12.3. The van der Waals surface area contributed by atoms with E-state index in [0.717, 1.165) is 25.9 Å². The number of anilines is 1. The highest BCUT2D eigenvalue weighted by atomic mass is 16.1. The van der Waals surface area contributed by atoms with E-state index < -0.39 is 0 Å². The lowest BCUT2D eigenvalue weighted by Gasteiger charge is -2.23. The number of hydrogen-bond donors (Lipinski definition) is 1. The van der Waals surface area contributed by atoms with E-state index >= 15 is 0 Å². The Morgan fingerprint density at radius 3 is 2.74 bits per heavy atom. The summed E-state index contributed by atoms with van der Waals surface area (Å²) in [6.07, 6.45) is 5.59. The van der Waals surface area contributed by atoms with E-state index in [4.69, 9.17) is 5.73 Å². The number of unbranched alkanes of at least 4 members (excludes halogenated alkanes) is 1. The van der Waals surface area contributed by atoms with Gasteiger partial charge >= 0.3 is 0 Å². The highest BCUT2D eigenvalue weighted by molar-refractivity contribution is 5.35. The van der Waals surface area contributed by atoms with Crippen molar-refractivity contribution < 1.29 is 0 Å². The van der Waals surface area contributed by atoms with Crippen molar-refractivity contribution in [2.45, 2.75) is 40.2 Å². The van der Waals surface area contributed by atoms with Crippen molar-refractivity contribution in [3.8, 4) is 0 Å². The molecule has 0 aromatic carbocycles. The van der Waals surface area contributed by atoms with Crippen molar-refractivity contribution in [3.05, 3.63) is 22.7 Å². The third-order valence-electron chi connectivity index (χ3n) is 2.94. The molecule has 0 fully saturated rings. The molecule has 0 amide bonds. The Bertz CT molecular complexity index is 428. The molecule has 19 heavy (non-hydrogen) atoms. The maximum absolute atomic E-state index is 12.4. The van der Waals surface area contributed by atoms with E-state index in [0.29, 0.717) is 24.8 Å². The SMILES string of the molecule is CCCCN(CCN)c1nccn(CC(C)C)c1=O. The zero-order valence-electron chi connectivity index (χ0n) is 12.3. The first-order valence-electron chi connectivity index (χ1n) is 7.10. The normalized spacial score (nSPS) is 11.0. The van der Waals surface area contributed by atoms with Crippen LogP contribution in [0, 0.1) is 5.92 Å². The highest BCUT2D eigenvalue weighted by Crippen LogP contribution is 2.06. The van der Waals surface area contributed by atoms with Gasteiger partial charge in [0.1, 0.15) is 0 Å². The van der Waals surface area contributed by atoms with Crippen molar-refractivity contribution in [2.75, 3.05) is 24.5 Å². The lowest BCUT2D eigenvalue weighted by atomic mass is 10.2. The van der Waals surface area contributed by atoms with Crippen LogP contribution in [0.15, 0.2) is 17.2 Å². The van der Waals surface area contributed by atoms with Crippen LogP contribution >= 0.6 is 0 Å². The van der Waals surface area contributed by atoms with E-state index in [1.807, 2.05) is 4.90 Å². The van der Waals surface area contributed by atoms with Gasteiger partial charge in [0.05, 0.1) is 0 Å². The van der Waals surface area contributed by atoms with Crippen molar-refractivity contribution in [2.24, 2.45) is 11.7 Å². The van der Waals surface area contributed by atoms with Gasteiger partial charge in [-0.15, -0.1) is 0 Å². The molecule has 0 bridgehead atoms. The molecular formula is C14H26N4O. The second-order valence-electron chi connectivity index (χ2n) is 5.23. The number of aromatic nitrogens is 2. The van der Waals surface area contributed by atoms with Gasteiger partial charge in [0.15, 0.2) is 5.82 Å². The summed E-state index contributed by atoms with van der Waals surface area (Å²) < 4.78 is 1.74. The smallest absolute Gasteiger partial charge is 0.293 e. The first-order chi connectivity index (χ1) is 9.10. The average molecular weight is 266 g/mol. The Balaban J connectivity index is 2.98. The summed E-state index contributed by atoms with van der Waals surface area (Å²) in [7, 11) is 0. The lowest BCUT2D eigenvalue weighted by Crippen LogP contribution is -2.37. The number of nitrogens with zero attached hydrogens (tertiary/aromatic N) is 3. The Morgan fingerprint density at radius 2 is 2.16 bits per heavy atom. The van der Waals surface area contributed by atoms with Gasteiger partial charge in [-0.05, 0) is 12.3 Å². The summed E-state index contributed by atoms with van der Waals surface area (Å²) in [6, 6.07) is 0. The predicted molar refractivity (Wildman–Crippen MR) is 79.5 cm³/mol. The Morgan fingerprint density at radius 1 is 1.42 bits per heavy atom. The Labute approximate surface area is 115 Å². The molecular weight excluding hydrogens is 240 g/mol. The van der Waals surface area contributed by atoms with E-state index in [2.05, 4.69) is 25.8 Å². The molecule has 5 nitrogen and oxygen atoms in total. The van der Waals surface area contributed by atoms with Gasteiger partial charge < -0.3 is 15.2 Å². The predicted octanol–water partition coefficient (Wildman–Crippen LogP) is 1.46. The number of rotatable bonds is 8. The van der Waals surface area contributed by atoms with Crippen LogP contribution in [0.5, 0.6) is 0 Å². The molecule has 0 aliphatic heterocycles. The summed E-state index contributed by atoms with van der Waals surface area (Å²) in [4.78, 5) is 18.7. The molecule has 2 N–H and O–H groups in total. The van der Waals surface area contributed by atoms with Crippen LogP contribution in [0.2, 0.25) is 0 Å². The van der Waals surface area contributed by atoms with Gasteiger partial charge in [-0.2, -0.15) is 0 Å². The van der Waals surface area contributed by atoms with Crippen molar-refractivity contribution in [1.29, 1.82) is 0 Å². The number of nitrogens with two attached hydrogens (primary N) is 1. The van der Waals surface area contributed by atoms with Crippen LogP contribution in [-0.4, -0.2) is 29.2 Å². The molecule has 1 aromatic heterocycles. The monoisotopic (exact) mass is 266 g/mol. The molecule has 108 valence electrons. The third kappa shape index (κ3) is 4.67. The van der Waals surface area contributed by atoms with Crippen LogP contribution in [0.3, 0.4) is 0 Å². The van der Waals surface area contributed by atoms with Gasteiger partial charge in [-0.25, -0.2) is 4.98 Å². The van der Waals surface area contributed by atoms with Crippen LogP contribution < -0.4 is 16.2 Å². The highest BCUT2D eigenvalue weighted by Gasteiger charge is 2.13. The second-order valence-corrected chi connectivity index (χ2v) is 5.23. The minimum Gasteiger partial charge on any atom is -0.351 e. The molecule has 0 unspecified atom stereocenters. The van der Waals surface area contributed by atoms with Gasteiger partial charge in [0, 0.05) is 38.6 Å². The molecule has 0 aliphatic carbocycles. The van der Waals surface area contributed by atoms with Crippen LogP contribution in [0.4, 0.5) is 5.82 Å². The summed E-state index contributed by atoms with van der Waals surface area (Å²) in [5.41, 5.74) is 5.62. The largest absolute Gasteiger partial charge is 0.351 e. The lowest BCUT2D eigenvalue weighted by molar-refractivity contribution is 0.507. The van der Waals surface area contributed by atoms with E-state index in [1.54, 1.807) is 17.0 Å². The van der Waals surface area contributed by atoms with Crippen molar-refractivity contribution in [3.63, 3.8) is 0 Å². The average Bonchev–Trinajstić information content (AvgIpc) is 2.37. The molecule has 1 aromatic rings. The van der Waals surface area contributed by atoms with Gasteiger partial charge in [-0.3, -0.25) is 4.79 Å². The zero-order chi connectivity index (χ0) is 14.3. The van der Waals surface area contributed by atoms with Crippen molar-refractivity contribution >= 4 is 5.82 Å². The Kier molecular flexibility index (Phi) is 6.56. The van der Waals surface area contributed by atoms with Crippen LogP contribution in [0.1, 0.15) is 33.6 Å². The molecule has 1 rings (SSSR count). The fraction of sp³-hybridized carbons (Fsp3) is 0.714. The van der Waals surface area contributed by atoms with Crippen LogP contribution in [0.25, 0.3) is 0 Å². The quantitative estimate of drug-likeness (QED) is 0.774.